The Hall–Kier alpha value is -3.36. The molecule has 0 saturated carbocycles. The van der Waals surface area contributed by atoms with E-state index in [0.717, 1.165) is 0 Å². The molecule has 2 N–H and O–H groups in total. The van der Waals surface area contributed by atoms with Gasteiger partial charge >= 0.3 is 12.7 Å². The summed E-state index contributed by atoms with van der Waals surface area (Å²) in [6.07, 6.45) is -0.596. The van der Waals surface area contributed by atoms with Crippen LogP contribution in [0.3, 0.4) is 0 Å². The first kappa shape index (κ1) is 21.9. The lowest BCUT2D eigenvalue weighted by Crippen LogP contribution is -2.17. The molecule has 0 aromatic heterocycles. The van der Waals surface area contributed by atoms with Crippen LogP contribution in [0.5, 0.6) is 11.5 Å². The lowest BCUT2D eigenvalue weighted by atomic mass is 10.1. The smallest absolute Gasteiger partial charge is 0.411 e. The number of carbonyl (C=O) groups excluding carboxylic acids is 2. The Morgan fingerprint density at radius 3 is 2.31 bits per heavy atom. The van der Waals surface area contributed by atoms with Gasteiger partial charge in [-0.1, -0.05) is 19.9 Å². The van der Waals surface area contributed by atoms with Gasteiger partial charge in [-0.05, 0) is 42.3 Å². The van der Waals surface area contributed by atoms with Crippen molar-refractivity contribution in [2.45, 2.75) is 20.5 Å². The maximum Gasteiger partial charge on any atom is 0.411 e. The molecule has 0 spiro atoms. The van der Waals surface area contributed by atoms with Crippen molar-refractivity contribution in [2.24, 2.45) is 5.92 Å². The number of alkyl halides is 2. The number of nitrogens with one attached hydrogen (secondary N) is 2. The van der Waals surface area contributed by atoms with Crippen LogP contribution in [0, 0.1) is 5.92 Å². The van der Waals surface area contributed by atoms with Crippen LogP contribution in [0.2, 0.25) is 0 Å². The van der Waals surface area contributed by atoms with E-state index < -0.39 is 18.6 Å². The maximum absolute atomic E-state index is 12.5. The van der Waals surface area contributed by atoms with Gasteiger partial charge in [0.15, 0.2) is 11.5 Å². The molecule has 0 aliphatic rings. The van der Waals surface area contributed by atoms with E-state index in [-0.39, 0.29) is 29.6 Å². The summed E-state index contributed by atoms with van der Waals surface area (Å²) in [5.74, 6) is -0.460. The fourth-order valence-electron chi connectivity index (χ4n) is 2.28. The third-order valence-corrected chi connectivity index (χ3v) is 3.56. The van der Waals surface area contributed by atoms with Crippen LogP contribution in [0.25, 0.3) is 0 Å². The number of hydrogen-bond acceptors (Lipinski definition) is 5. The molecule has 0 heterocycles. The van der Waals surface area contributed by atoms with E-state index in [1.54, 1.807) is 24.3 Å². The van der Waals surface area contributed by atoms with Crippen molar-refractivity contribution >= 4 is 23.4 Å². The predicted octanol–water partition coefficient (Wildman–Crippen LogP) is 4.75. The molecular formula is C20H22F2N2O5. The number of carbonyl (C=O) groups is 2. The van der Waals surface area contributed by atoms with Gasteiger partial charge in [-0.15, -0.1) is 0 Å². The highest BCUT2D eigenvalue weighted by Gasteiger charge is 2.15. The second-order valence-corrected chi connectivity index (χ2v) is 6.40. The van der Waals surface area contributed by atoms with Crippen LogP contribution in [-0.4, -0.2) is 32.3 Å². The Kier molecular flexibility index (Phi) is 7.76. The lowest BCUT2D eigenvalue weighted by molar-refractivity contribution is -0.0512. The van der Waals surface area contributed by atoms with E-state index in [4.69, 9.17) is 9.47 Å². The van der Waals surface area contributed by atoms with Crippen molar-refractivity contribution in [3.05, 3.63) is 48.0 Å². The van der Waals surface area contributed by atoms with E-state index in [0.29, 0.717) is 11.4 Å². The van der Waals surface area contributed by atoms with E-state index in [2.05, 4.69) is 15.4 Å². The average molecular weight is 408 g/mol. The van der Waals surface area contributed by atoms with E-state index >= 15 is 0 Å². The lowest BCUT2D eigenvalue weighted by Gasteiger charge is -2.12. The average Bonchev–Trinajstić information content (AvgIpc) is 2.66. The monoisotopic (exact) mass is 408 g/mol. The first-order chi connectivity index (χ1) is 13.8. The molecule has 0 aliphatic carbocycles. The van der Waals surface area contributed by atoms with Gasteiger partial charge < -0.3 is 19.5 Å². The van der Waals surface area contributed by atoms with Crippen LogP contribution >= 0.6 is 0 Å². The van der Waals surface area contributed by atoms with Crippen LogP contribution < -0.4 is 20.1 Å². The molecule has 2 aromatic carbocycles. The Balaban J connectivity index is 2.06. The van der Waals surface area contributed by atoms with Crippen molar-refractivity contribution < 1.29 is 32.6 Å². The quantitative estimate of drug-likeness (QED) is 0.658. The molecule has 2 rings (SSSR count). The Bertz CT molecular complexity index is 859. The number of ether oxygens (including phenoxy) is 3. The summed E-state index contributed by atoms with van der Waals surface area (Å²) >= 11 is 0. The SMILES string of the molecule is COc1cc(C(=O)Nc2cccc(NC(=O)OCC(C)C)c2)ccc1OC(F)F. The Labute approximate surface area is 167 Å². The first-order valence-electron chi connectivity index (χ1n) is 8.76. The zero-order valence-corrected chi connectivity index (χ0v) is 16.2. The second kappa shape index (κ2) is 10.3. The van der Waals surface area contributed by atoms with Crippen LogP contribution in [0.4, 0.5) is 25.0 Å². The molecule has 0 fully saturated rings. The number of rotatable bonds is 8. The molecule has 9 heteroatoms. The summed E-state index contributed by atoms with van der Waals surface area (Å²) in [6, 6.07) is 10.3. The van der Waals surface area contributed by atoms with Crippen LogP contribution in [-0.2, 0) is 4.74 Å². The fraction of sp³-hybridized carbons (Fsp3) is 0.300. The summed E-state index contributed by atoms with van der Waals surface area (Å²) in [5, 5.41) is 5.23. The molecule has 0 saturated heterocycles. The zero-order chi connectivity index (χ0) is 21.4. The number of anilines is 2. The topological polar surface area (TPSA) is 85.9 Å². The minimum atomic E-state index is -3.01. The number of benzene rings is 2. The molecule has 156 valence electrons. The van der Waals surface area contributed by atoms with Gasteiger partial charge in [0.1, 0.15) is 0 Å². The van der Waals surface area contributed by atoms with E-state index in [1.807, 2.05) is 13.8 Å². The summed E-state index contributed by atoms with van der Waals surface area (Å²) in [6.45, 7) is 1.12. The van der Waals surface area contributed by atoms with Gasteiger partial charge in [0.25, 0.3) is 5.91 Å². The highest BCUT2D eigenvalue weighted by molar-refractivity contribution is 6.05. The minimum absolute atomic E-state index is 0.00117. The Morgan fingerprint density at radius 2 is 1.69 bits per heavy atom. The molecule has 0 unspecified atom stereocenters. The number of amides is 2. The molecule has 0 atom stereocenters. The first-order valence-corrected chi connectivity index (χ1v) is 8.76. The second-order valence-electron chi connectivity index (χ2n) is 6.40. The summed E-state index contributed by atoms with van der Waals surface area (Å²) in [5.41, 5.74) is 1.04. The van der Waals surface area contributed by atoms with Crippen molar-refractivity contribution in [1.29, 1.82) is 0 Å². The minimum Gasteiger partial charge on any atom is -0.493 e. The van der Waals surface area contributed by atoms with Gasteiger partial charge in [-0.25, -0.2) is 4.79 Å². The van der Waals surface area contributed by atoms with Gasteiger partial charge in [0, 0.05) is 16.9 Å². The highest BCUT2D eigenvalue weighted by atomic mass is 19.3. The van der Waals surface area contributed by atoms with Crippen LogP contribution in [0.15, 0.2) is 42.5 Å². The van der Waals surface area contributed by atoms with Crippen molar-refractivity contribution in [1.82, 2.24) is 0 Å². The largest absolute Gasteiger partial charge is 0.493 e. The fourth-order valence-corrected chi connectivity index (χ4v) is 2.28. The summed E-state index contributed by atoms with van der Waals surface area (Å²) < 4.78 is 39.2. The van der Waals surface area contributed by atoms with Crippen LogP contribution in [0.1, 0.15) is 24.2 Å². The van der Waals surface area contributed by atoms with E-state index in [1.165, 1.54) is 25.3 Å². The Morgan fingerprint density at radius 1 is 1.00 bits per heavy atom. The predicted molar refractivity (Wildman–Crippen MR) is 104 cm³/mol. The van der Waals surface area contributed by atoms with Crippen molar-refractivity contribution in [3.8, 4) is 11.5 Å². The third kappa shape index (κ3) is 6.95. The van der Waals surface area contributed by atoms with Crippen molar-refractivity contribution in [3.63, 3.8) is 0 Å². The van der Waals surface area contributed by atoms with Crippen molar-refractivity contribution in [2.75, 3.05) is 24.4 Å². The third-order valence-electron chi connectivity index (χ3n) is 3.56. The molecule has 0 radical (unpaired) electrons. The zero-order valence-electron chi connectivity index (χ0n) is 16.2. The molecule has 2 amide bonds. The van der Waals surface area contributed by atoms with E-state index in [9.17, 15) is 18.4 Å². The van der Waals surface area contributed by atoms with Gasteiger partial charge in [-0.3, -0.25) is 10.1 Å². The molecule has 2 aromatic rings. The number of halogens is 2. The number of hydrogen-bond donors (Lipinski definition) is 2. The summed E-state index contributed by atoms with van der Waals surface area (Å²) in [7, 11) is 1.28. The molecular weight excluding hydrogens is 386 g/mol. The maximum atomic E-state index is 12.5. The van der Waals surface area contributed by atoms with Gasteiger partial charge in [-0.2, -0.15) is 8.78 Å². The normalized spacial score (nSPS) is 10.6. The van der Waals surface area contributed by atoms with Gasteiger partial charge in [0.05, 0.1) is 13.7 Å². The molecule has 29 heavy (non-hydrogen) atoms. The molecule has 0 bridgehead atoms. The summed E-state index contributed by atoms with van der Waals surface area (Å²) in [4.78, 5) is 24.2. The molecule has 0 aliphatic heterocycles. The molecule has 7 nitrogen and oxygen atoms in total. The van der Waals surface area contributed by atoms with Gasteiger partial charge in [0.2, 0.25) is 0 Å². The standard InChI is InChI=1S/C20H22F2N2O5/c1-12(2)11-28-20(26)24-15-6-4-5-14(10-15)23-18(25)13-7-8-16(29-19(21)22)17(9-13)27-3/h4-10,12,19H,11H2,1-3H3,(H,23,25)(H,24,26). The highest BCUT2D eigenvalue weighted by Crippen LogP contribution is 2.29. The number of methoxy groups -OCH3 is 1.